The minimum absolute atomic E-state index is 0.0208. The number of nitrogens with zero attached hydrogens (tertiary/aromatic N) is 1. The van der Waals surface area contributed by atoms with Gasteiger partial charge in [0.25, 0.3) is 5.91 Å². The highest BCUT2D eigenvalue weighted by molar-refractivity contribution is 5.98. The lowest BCUT2D eigenvalue weighted by Crippen LogP contribution is -2.40. The Morgan fingerprint density at radius 1 is 1.36 bits per heavy atom. The fraction of sp³-hybridized carbons (Fsp3) is 0.562. The van der Waals surface area contributed by atoms with Crippen molar-refractivity contribution in [3.05, 3.63) is 24.0 Å². The number of nitrogens with two attached hydrogens (primary N) is 1. The van der Waals surface area contributed by atoms with E-state index in [4.69, 9.17) is 5.73 Å². The molecule has 2 rings (SSSR count). The number of carbonyl (C=O) groups excluding carboxylic acids is 2. The molecule has 0 spiro atoms. The van der Waals surface area contributed by atoms with Gasteiger partial charge in [0, 0.05) is 30.4 Å². The Kier molecular flexibility index (Phi) is 5.35. The zero-order chi connectivity index (χ0) is 16.1. The Balaban J connectivity index is 2.02. The lowest BCUT2D eigenvalue weighted by Gasteiger charge is -2.30. The van der Waals surface area contributed by atoms with Crippen molar-refractivity contribution in [2.45, 2.75) is 51.6 Å². The van der Waals surface area contributed by atoms with Crippen molar-refractivity contribution in [1.82, 2.24) is 10.3 Å². The SMILES string of the molecule is CC(C)NC(=O)C1CCCC(Nc2ccncc2C(N)=O)C1. The number of anilines is 1. The molecule has 6 nitrogen and oxygen atoms in total. The zero-order valence-corrected chi connectivity index (χ0v) is 13.1. The van der Waals surface area contributed by atoms with Crippen LogP contribution in [0, 0.1) is 5.92 Å². The van der Waals surface area contributed by atoms with E-state index < -0.39 is 5.91 Å². The van der Waals surface area contributed by atoms with Crippen LogP contribution < -0.4 is 16.4 Å². The topological polar surface area (TPSA) is 97.1 Å². The first-order valence-electron chi connectivity index (χ1n) is 7.78. The van der Waals surface area contributed by atoms with E-state index in [1.807, 2.05) is 13.8 Å². The molecule has 2 atom stereocenters. The van der Waals surface area contributed by atoms with E-state index >= 15 is 0 Å². The van der Waals surface area contributed by atoms with Gasteiger partial charge < -0.3 is 16.4 Å². The molecule has 0 saturated heterocycles. The predicted octanol–water partition coefficient (Wildman–Crippen LogP) is 1.68. The third-order valence-corrected chi connectivity index (χ3v) is 3.92. The first-order valence-corrected chi connectivity index (χ1v) is 7.78. The molecular formula is C16H24N4O2. The monoisotopic (exact) mass is 304 g/mol. The molecule has 6 heteroatoms. The van der Waals surface area contributed by atoms with E-state index in [0.717, 1.165) is 25.7 Å². The second kappa shape index (κ2) is 7.24. The molecule has 2 unspecified atom stereocenters. The summed E-state index contributed by atoms with van der Waals surface area (Å²) in [6.07, 6.45) is 6.74. The maximum absolute atomic E-state index is 12.2. The van der Waals surface area contributed by atoms with Crippen LogP contribution in [0.25, 0.3) is 0 Å². The normalized spacial score (nSPS) is 21.4. The number of aromatic nitrogens is 1. The van der Waals surface area contributed by atoms with E-state index in [0.29, 0.717) is 11.3 Å². The number of primary amides is 1. The van der Waals surface area contributed by atoms with Crippen LogP contribution in [0.1, 0.15) is 49.9 Å². The van der Waals surface area contributed by atoms with Gasteiger partial charge in [-0.15, -0.1) is 0 Å². The van der Waals surface area contributed by atoms with Crippen molar-refractivity contribution < 1.29 is 9.59 Å². The number of carbonyl (C=O) groups is 2. The third-order valence-electron chi connectivity index (χ3n) is 3.92. The van der Waals surface area contributed by atoms with Crippen molar-refractivity contribution in [2.75, 3.05) is 5.32 Å². The summed E-state index contributed by atoms with van der Waals surface area (Å²) < 4.78 is 0. The van der Waals surface area contributed by atoms with Gasteiger partial charge in [-0.2, -0.15) is 0 Å². The predicted molar refractivity (Wildman–Crippen MR) is 85.4 cm³/mol. The molecule has 1 aromatic heterocycles. The average Bonchev–Trinajstić information content (AvgIpc) is 2.47. The molecular weight excluding hydrogens is 280 g/mol. The molecule has 0 aromatic carbocycles. The Bertz CT molecular complexity index is 545. The van der Waals surface area contributed by atoms with E-state index in [-0.39, 0.29) is 23.9 Å². The third kappa shape index (κ3) is 4.19. The van der Waals surface area contributed by atoms with Crippen LogP contribution in [0.4, 0.5) is 5.69 Å². The second-order valence-corrected chi connectivity index (χ2v) is 6.15. The van der Waals surface area contributed by atoms with Crippen LogP contribution in [0.15, 0.2) is 18.5 Å². The number of hydrogen-bond acceptors (Lipinski definition) is 4. The zero-order valence-electron chi connectivity index (χ0n) is 13.1. The molecule has 120 valence electrons. The summed E-state index contributed by atoms with van der Waals surface area (Å²) in [6.45, 7) is 3.93. The fourth-order valence-electron chi connectivity index (χ4n) is 2.90. The van der Waals surface area contributed by atoms with E-state index in [1.54, 1.807) is 12.3 Å². The van der Waals surface area contributed by atoms with Crippen molar-refractivity contribution in [3.8, 4) is 0 Å². The second-order valence-electron chi connectivity index (χ2n) is 6.15. The van der Waals surface area contributed by atoms with Gasteiger partial charge in [-0.05, 0) is 39.2 Å². The molecule has 22 heavy (non-hydrogen) atoms. The van der Waals surface area contributed by atoms with Gasteiger partial charge >= 0.3 is 0 Å². The minimum Gasteiger partial charge on any atom is -0.382 e. The Hall–Kier alpha value is -2.11. The van der Waals surface area contributed by atoms with Crippen molar-refractivity contribution in [1.29, 1.82) is 0 Å². The summed E-state index contributed by atoms with van der Waals surface area (Å²) in [5.74, 6) is -0.362. The van der Waals surface area contributed by atoms with Gasteiger partial charge in [0.15, 0.2) is 0 Å². The summed E-state index contributed by atoms with van der Waals surface area (Å²) in [7, 11) is 0. The highest BCUT2D eigenvalue weighted by Crippen LogP contribution is 2.28. The van der Waals surface area contributed by atoms with Gasteiger partial charge in [-0.1, -0.05) is 6.42 Å². The van der Waals surface area contributed by atoms with Gasteiger partial charge in [-0.3, -0.25) is 14.6 Å². The summed E-state index contributed by atoms with van der Waals surface area (Å²) in [6, 6.07) is 2.07. The molecule has 1 saturated carbocycles. The molecule has 1 aliphatic carbocycles. The highest BCUT2D eigenvalue weighted by Gasteiger charge is 2.28. The summed E-state index contributed by atoms with van der Waals surface area (Å²) in [4.78, 5) is 27.5. The molecule has 1 fully saturated rings. The number of rotatable bonds is 5. The quantitative estimate of drug-likeness (QED) is 0.771. The van der Waals surface area contributed by atoms with Gasteiger partial charge in [-0.25, -0.2) is 0 Å². The first-order chi connectivity index (χ1) is 10.5. The van der Waals surface area contributed by atoms with Gasteiger partial charge in [0.2, 0.25) is 5.91 Å². The molecule has 4 N–H and O–H groups in total. The fourth-order valence-corrected chi connectivity index (χ4v) is 2.90. The summed E-state index contributed by atoms with van der Waals surface area (Å²) >= 11 is 0. The van der Waals surface area contributed by atoms with Gasteiger partial charge in [0.05, 0.1) is 11.3 Å². The standard InChI is InChI=1S/C16H24N4O2/c1-10(2)19-16(22)11-4-3-5-12(8-11)20-14-6-7-18-9-13(14)15(17)21/h6-7,9-12H,3-5,8H2,1-2H3,(H2,17,21)(H,18,20)(H,19,22). The average molecular weight is 304 g/mol. The van der Waals surface area contributed by atoms with Crippen molar-refractivity contribution >= 4 is 17.5 Å². The maximum atomic E-state index is 12.2. The van der Waals surface area contributed by atoms with Gasteiger partial charge in [0.1, 0.15) is 0 Å². The number of amides is 2. The van der Waals surface area contributed by atoms with Crippen LogP contribution in [-0.2, 0) is 4.79 Å². The van der Waals surface area contributed by atoms with Crippen LogP contribution in [0.5, 0.6) is 0 Å². The number of hydrogen-bond donors (Lipinski definition) is 3. The van der Waals surface area contributed by atoms with Crippen LogP contribution in [0.3, 0.4) is 0 Å². The Labute approximate surface area is 130 Å². The van der Waals surface area contributed by atoms with Crippen molar-refractivity contribution in [2.24, 2.45) is 11.7 Å². The lowest BCUT2D eigenvalue weighted by atomic mass is 9.84. The van der Waals surface area contributed by atoms with Crippen LogP contribution in [-0.4, -0.2) is 28.9 Å². The Morgan fingerprint density at radius 3 is 2.82 bits per heavy atom. The minimum atomic E-state index is -0.500. The first kappa shape index (κ1) is 16.3. The molecule has 0 radical (unpaired) electrons. The van der Waals surface area contributed by atoms with Crippen molar-refractivity contribution in [3.63, 3.8) is 0 Å². The highest BCUT2D eigenvalue weighted by atomic mass is 16.2. The molecule has 1 aromatic rings. The molecule has 1 heterocycles. The summed E-state index contributed by atoms with van der Waals surface area (Å²) in [5.41, 5.74) is 6.44. The van der Waals surface area contributed by atoms with E-state index in [2.05, 4.69) is 15.6 Å². The van der Waals surface area contributed by atoms with E-state index in [9.17, 15) is 9.59 Å². The largest absolute Gasteiger partial charge is 0.382 e. The Morgan fingerprint density at radius 2 is 2.14 bits per heavy atom. The lowest BCUT2D eigenvalue weighted by molar-refractivity contribution is -0.126. The molecule has 0 aliphatic heterocycles. The smallest absolute Gasteiger partial charge is 0.252 e. The molecule has 1 aliphatic rings. The van der Waals surface area contributed by atoms with Crippen LogP contribution >= 0.6 is 0 Å². The maximum Gasteiger partial charge on any atom is 0.252 e. The summed E-state index contributed by atoms with van der Waals surface area (Å²) in [5, 5.41) is 6.32. The van der Waals surface area contributed by atoms with E-state index in [1.165, 1.54) is 6.20 Å². The molecule has 2 amide bonds. The van der Waals surface area contributed by atoms with Crippen LogP contribution in [0.2, 0.25) is 0 Å². The number of nitrogens with one attached hydrogen (secondary N) is 2. The number of pyridine rings is 1. The molecule has 0 bridgehead atoms.